The summed E-state index contributed by atoms with van der Waals surface area (Å²) >= 11 is 0. The maximum atomic E-state index is 13.2. The molecule has 3 unspecified atom stereocenters. The van der Waals surface area contributed by atoms with Crippen LogP contribution in [-0.4, -0.2) is 28.1 Å². The van der Waals surface area contributed by atoms with Crippen LogP contribution in [0, 0.1) is 11.7 Å². The van der Waals surface area contributed by atoms with Gasteiger partial charge in [0, 0.05) is 6.04 Å². The molecule has 1 aromatic rings. The minimum Gasteiger partial charge on any atom is -0.481 e. The van der Waals surface area contributed by atoms with Gasteiger partial charge >= 0.3 is 5.97 Å². The van der Waals surface area contributed by atoms with Gasteiger partial charge in [-0.15, -0.1) is 0 Å². The van der Waals surface area contributed by atoms with Gasteiger partial charge in [0.15, 0.2) is 0 Å². The lowest BCUT2D eigenvalue weighted by atomic mass is 9.86. The molecule has 6 heteroatoms. The SMILES string of the molecule is O=C(CC(O)c1cccc(F)c1)NC1CCCCCCC1C(=O)O. The Hall–Kier alpha value is -1.95. The van der Waals surface area contributed by atoms with Crippen molar-refractivity contribution in [3.63, 3.8) is 0 Å². The summed E-state index contributed by atoms with van der Waals surface area (Å²) in [4.78, 5) is 23.6. The van der Waals surface area contributed by atoms with Gasteiger partial charge in [0.2, 0.25) is 5.91 Å². The van der Waals surface area contributed by atoms with Gasteiger partial charge in [-0.2, -0.15) is 0 Å². The molecule has 2 rings (SSSR count). The highest BCUT2D eigenvalue weighted by atomic mass is 19.1. The molecule has 0 radical (unpaired) electrons. The molecule has 0 bridgehead atoms. The fourth-order valence-electron chi connectivity index (χ4n) is 3.23. The lowest BCUT2D eigenvalue weighted by Gasteiger charge is -2.27. The third-order valence-corrected chi connectivity index (χ3v) is 4.54. The second-order valence-electron chi connectivity index (χ2n) is 6.39. The number of halogens is 1. The summed E-state index contributed by atoms with van der Waals surface area (Å²) in [5.74, 6) is -2.38. The van der Waals surface area contributed by atoms with Crippen LogP contribution in [0.25, 0.3) is 0 Å². The Balaban J connectivity index is 1.96. The van der Waals surface area contributed by atoms with Crippen LogP contribution < -0.4 is 5.32 Å². The van der Waals surface area contributed by atoms with Crippen LogP contribution in [-0.2, 0) is 9.59 Å². The molecule has 24 heavy (non-hydrogen) atoms. The fourth-order valence-corrected chi connectivity index (χ4v) is 3.23. The van der Waals surface area contributed by atoms with E-state index in [2.05, 4.69) is 5.32 Å². The number of aliphatic carboxylic acids is 1. The average molecular weight is 337 g/mol. The molecule has 0 saturated heterocycles. The van der Waals surface area contributed by atoms with E-state index in [0.29, 0.717) is 18.4 Å². The molecule has 3 N–H and O–H groups in total. The van der Waals surface area contributed by atoms with E-state index in [4.69, 9.17) is 0 Å². The standard InChI is InChI=1S/C18H24FNO4/c19-13-7-5-6-12(10-13)16(21)11-17(22)20-15-9-4-2-1-3-8-14(15)18(23)24/h5-7,10,14-16,21H,1-4,8-9,11H2,(H,20,22)(H,23,24). The third-order valence-electron chi connectivity index (χ3n) is 4.54. The van der Waals surface area contributed by atoms with Crippen LogP contribution >= 0.6 is 0 Å². The monoisotopic (exact) mass is 337 g/mol. The zero-order chi connectivity index (χ0) is 17.5. The normalized spacial score (nSPS) is 22.9. The summed E-state index contributed by atoms with van der Waals surface area (Å²) in [5.41, 5.74) is 0.331. The van der Waals surface area contributed by atoms with Gasteiger partial charge in [-0.3, -0.25) is 9.59 Å². The quantitative estimate of drug-likeness (QED) is 0.771. The van der Waals surface area contributed by atoms with Crippen molar-refractivity contribution in [2.45, 2.75) is 57.1 Å². The number of carbonyl (C=O) groups is 2. The summed E-state index contributed by atoms with van der Waals surface area (Å²) in [6.45, 7) is 0. The third kappa shape index (κ3) is 5.30. The molecule has 1 aromatic carbocycles. The van der Waals surface area contributed by atoms with E-state index >= 15 is 0 Å². The molecule has 0 aliphatic heterocycles. The number of benzene rings is 1. The smallest absolute Gasteiger partial charge is 0.308 e. The van der Waals surface area contributed by atoms with E-state index in [1.54, 1.807) is 6.07 Å². The molecule has 3 atom stereocenters. The Morgan fingerprint density at radius 3 is 2.58 bits per heavy atom. The largest absolute Gasteiger partial charge is 0.481 e. The molecule has 1 fully saturated rings. The first-order valence-corrected chi connectivity index (χ1v) is 8.43. The Kier molecular flexibility index (Phi) is 6.73. The Bertz CT molecular complexity index is 578. The number of carbonyl (C=O) groups excluding carboxylic acids is 1. The van der Waals surface area contributed by atoms with Crippen LogP contribution in [0.3, 0.4) is 0 Å². The van der Waals surface area contributed by atoms with E-state index in [9.17, 15) is 24.2 Å². The summed E-state index contributed by atoms with van der Waals surface area (Å²) in [6, 6.07) is 5.06. The number of aliphatic hydroxyl groups excluding tert-OH is 1. The number of rotatable bonds is 5. The molecule has 1 amide bonds. The molecule has 0 aromatic heterocycles. The van der Waals surface area contributed by atoms with Crippen molar-refractivity contribution in [1.29, 1.82) is 0 Å². The van der Waals surface area contributed by atoms with Crippen molar-refractivity contribution in [1.82, 2.24) is 5.32 Å². The maximum Gasteiger partial charge on any atom is 0.308 e. The summed E-state index contributed by atoms with van der Waals surface area (Å²) in [5, 5.41) is 22.2. The highest BCUT2D eigenvalue weighted by molar-refractivity contribution is 5.78. The lowest BCUT2D eigenvalue weighted by Crippen LogP contribution is -2.44. The maximum absolute atomic E-state index is 13.2. The highest BCUT2D eigenvalue weighted by Crippen LogP contribution is 2.24. The molecule has 1 saturated carbocycles. The zero-order valence-corrected chi connectivity index (χ0v) is 13.6. The van der Waals surface area contributed by atoms with Crippen molar-refractivity contribution in [2.24, 2.45) is 5.92 Å². The van der Waals surface area contributed by atoms with E-state index in [1.165, 1.54) is 18.2 Å². The van der Waals surface area contributed by atoms with Gasteiger partial charge in [-0.05, 0) is 30.5 Å². The van der Waals surface area contributed by atoms with Gasteiger partial charge in [0.05, 0.1) is 18.4 Å². The molecule has 132 valence electrons. The van der Waals surface area contributed by atoms with Crippen LogP contribution in [0.15, 0.2) is 24.3 Å². The molecular weight excluding hydrogens is 313 g/mol. The number of amides is 1. The van der Waals surface area contributed by atoms with Crippen molar-refractivity contribution in [3.05, 3.63) is 35.6 Å². The van der Waals surface area contributed by atoms with E-state index in [0.717, 1.165) is 25.7 Å². The second kappa shape index (κ2) is 8.78. The summed E-state index contributed by atoms with van der Waals surface area (Å²) in [7, 11) is 0. The van der Waals surface area contributed by atoms with Crippen molar-refractivity contribution >= 4 is 11.9 Å². The average Bonchev–Trinajstić information content (AvgIpc) is 2.49. The molecule has 0 heterocycles. The summed E-state index contributed by atoms with van der Waals surface area (Å²) in [6.07, 6.45) is 3.61. The van der Waals surface area contributed by atoms with Gasteiger partial charge in [-0.1, -0.05) is 37.8 Å². The van der Waals surface area contributed by atoms with E-state index in [1.807, 2.05) is 0 Å². The predicted octanol–water partition coefficient (Wildman–Crippen LogP) is 2.79. The number of carboxylic acids is 1. The lowest BCUT2D eigenvalue weighted by molar-refractivity contribution is -0.143. The minimum atomic E-state index is -1.11. The fraction of sp³-hybridized carbons (Fsp3) is 0.556. The highest BCUT2D eigenvalue weighted by Gasteiger charge is 2.30. The van der Waals surface area contributed by atoms with Crippen LogP contribution in [0.5, 0.6) is 0 Å². The first-order chi connectivity index (χ1) is 11.5. The molecule has 1 aliphatic carbocycles. The Morgan fingerprint density at radius 2 is 1.92 bits per heavy atom. The molecule has 5 nitrogen and oxygen atoms in total. The predicted molar refractivity (Wildman–Crippen MR) is 86.7 cm³/mol. The van der Waals surface area contributed by atoms with Crippen LogP contribution in [0.1, 0.15) is 56.6 Å². The number of carboxylic acid groups (broad SMARTS) is 1. The number of hydrogen-bond acceptors (Lipinski definition) is 3. The molecule has 0 spiro atoms. The zero-order valence-electron chi connectivity index (χ0n) is 13.6. The van der Waals surface area contributed by atoms with E-state index < -0.39 is 35.8 Å². The second-order valence-corrected chi connectivity index (χ2v) is 6.39. The van der Waals surface area contributed by atoms with Crippen LogP contribution in [0.4, 0.5) is 4.39 Å². The van der Waals surface area contributed by atoms with Gasteiger partial charge in [-0.25, -0.2) is 4.39 Å². The Morgan fingerprint density at radius 1 is 1.21 bits per heavy atom. The number of hydrogen-bond donors (Lipinski definition) is 3. The van der Waals surface area contributed by atoms with Gasteiger partial charge < -0.3 is 15.5 Å². The van der Waals surface area contributed by atoms with Crippen molar-refractivity contribution in [3.8, 4) is 0 Å². The number of nitrogens with one attached hydrogen (secondary N) is 1. The Labute approximate surface area is 140 Å². The van der Waals surface area contributed by atoms with Crippen LogP contribution in [0.2, 0.25) is 0 Å². The molecular formula is C18H24FNO4. The summed E-state index contributed by atoms with van der Waals surface area (Å²) < 4.78 is 13.2. The van der Waals surface area contributed by atoms with Crippen molar-refractivity contribution < 1.29 is 24.2 Å². The van der Waals surface area contributed by atoms with Crippen molar-refractivity contribution in [2.75, 3.05) is 0 Å². The number of aliphatic hydroxyl groups is 1. The van der Waals surface area contributed by atoms with Gasteiger partial charge in [0.1, 0.15) is 5.82 Å². The first-order valence-electron chi connectivity index (χ1n) is 8.43. The first kappa shape index (κ1) is 18.4. The minimum absolute atomic E-state index is 0.216. The van der Waals surface area contributed by atoms with E-state index in [-0.39, 0.29) is 6.42 Å². The topological polar surface area (TPSA) is 86.6 Å². The molecule has 1 aliphatic rings. The van der Waals surface area contributed by atoms with Gasteiger partial charge in [0.25, 0.3) is 0 Å².